The first-order valence-corrected chi connectivity index (χ1v) is 5.56. The van der Waals surface area contributed by atoms with Gasteiger partial charge in [0.05, 0.1) is 5.56 Å². The van der Waals surface area contributed by atoms with E-state index in [1.165, 1.54) is 38.2 Å². The Balaban J connectivity index is 2.84. The summed E-state index contributed by atoms with van der Waals surface area (Å²) in [6.07, 6.45) is -4.49. The number of urea groups is 2. The largest absolute Gasteiger partial charge is 0.416 e. The van der Waals surface area contributed by atoms with Crippen molar-refractivity contribution in [1.29, 1.82) is 0 Å². The van der Waals surface area contributed by atoms with E-state index in [2.05, 4.69) is 5.32 Å². The van der Waals surface area contributed by atoms with E-state index >= 15 is 0 Å². The van der Waals surface area contributed by atoms with E-state index < -0.39 is 23.8 Å². The van der Waals surface area contributed by atoms with Crippen molar-refractivity contribution in [3.8, 4) is 0 Å². The van der Waals surface area contributed by atoms with Gasteiger partial charge in [0.25, 0.3) is 0 Å². The van der Waals surface area contributed by atoms with Crippen molar-refractivity contribution in [1.82, 2.24) is 9.80 Å². The van der Waals surface area contributed by atoms with Crippen LogP contribution in [0.3, 0.4) is 0 Å². The van der Waals surface area contributed by atoms with Crippen LogP contribution >= 0.6 is 0 Å². The first-order valence-electron chi connectivity index (χ1n) is 5.56. The van der Waals surface area contributed by atoms with Crippen LogP contribution in [0.4, 0.5) is 28.4 Å². The van der Waals surface area contributed by atoms with Crippen LogP contribution in [0.15, 0.2) is 24.3 Å². The minimum atomic E-state index is -4.49. The van der Waals surface area contributed by atoms with Gasteiger partial charge in [-0.05, 0) is 18.2 Å². The van der Waals surface area contributed by atoms with E-state index in [-0.39, 0.29) is 5.69 Å². The van der Waals surface area contributed by atoms with E-state index in [9.17, 15) is 22.8 Å². The fraction of sp³-hybridized carbons (Fsp3) is 0.333. The maximum atomic E-state index is 12.5. The maximum Gasteiger partial charge on any atom is 0.416 e. The second-order valence-electron chi connectivity index (χ2n) is 4.24. The van der Waals surface area contributed by atoms with Gasteiger partial charge in [0, 0.05) is 26.8 Å². The SMILES string of the molecule is CN(C)C(=O)N(C)C(=O)Nc1cccc(C(F)(F)F)c1. The monoisotopic (exact) mass is 289 g/mol. The molecule has 0 saturated carbocycles. The first kappa shape index (κ1) is 15.8. The van der Waals surface area contributed by atoms with Crippen LogP contribution < -0.4 is 5.32 Å². The Bertz CT molecular complexity index is 515. The molecule has 4 amide bonds. The number of nitrogens with one attached hydrogen (secondary N) is 1. The number of carbonyl (C=O) groups excluding carboxylic acids is 2. The molecule has 1 rings (SSSR count). The average molecular weight is 289 g/mol. The van der Waals surface area contributed by atoms with E-state index in [1.54, 1.807) is 0 Å². The molecular formula is C12H14F3N3O2. The van der Waals surface area contributed by atoms with Gasteiger partial charge >= 0.3 is 18.2 Å². The van der Waals surface area contributed by atoms with E-state index in [1.807, 2.05) is 0 Å². The Morgan fingerprint density at radius 2 is 1.75 bits per heavy atom. The molecule has 0 aromatic heterocycles. The number of amides is 4. The van der Waals surface area contributed by atoms with Gasteiger partial charge in [-0.1, -0.05) is 6.07 Å². The molecule has 0 aliphatic heterocycles. The van der Waals surface area contributed by atoms with E-state index in [4.69, 9.17) is 0 Å². The summed E-state index contributed by atoms with van der Waals surface area (Å²) in [7, 11) is 4.14. The van der Waals surface area contributed by atoms with Crippen LogP contribution in [-0.2, 0) is 6.18 Å². The molecule has 0 unspecified atom stereocenters. The highest BCUT2D eigenvalue weighted by molar-refractivity contribution is 6.00. The maximum absolute atomic E-state index is 12.5. The summed E-state index contributed by atoms with van der Waals surface area (Å²) < 4.78 is 37.5. The third kappa shape index (κ3) is 3.87. The lowest BCUT2D eigenvalue weighted by molar-refractivity contribution is -0.137. The summed E-state index contributed by atoms with van der Waals surface area (Å²) in [5.74, 6) is 0. The van der Waals surface area contributed by atoms with Crippen molar-refractivity contribution in [2.45, 2.75) is 6.18 Å². The van der Waals surface area contributed by atoms with Gasteiger partial charge in [0.2, 0.25) is 0 Å². The van der Waals surface area contributed by atoms with Crippen molar-refractivity contribution in [3.63, 3.8) is 0 Å². The summed E-state index contributed by atoms with van der Waals surface area (Å²) in [6.45, 7) is 0. The van der Waals surface area contributed by atoms with Crippen LogP contribution in [0.25, 0.3) is 0 Å². The van der Waals surface area contributed by atoms with Crippen LogP contribution in [0, 0.1) is 0 Å². The minimum Gasteiger partial charge on any atom is -0.330 e. The fourth-order valence-corrected chi connectivity index (χ4v) is 1.37. The minimum absolute atomic E-state index is 0.0387. The molecule has 0 bridgehead atoms. The normalized spacial score (nSPS) is 10.9. The summed E-state index contributed by atoms with van der Waals surface area (Å²) in [4.78, 5) is 25.2. The van der Waals surface area contributed by atoms with E-state index in [0.29, 0.717) is 0 Å². The van der Waals surface area contributed by atoms with Gasteiger partial charge in [-0.3, -0.25) is 0 Å². The Hall–Kier alpha value is -2.25. The molecule has 0 aliphatic rings. The molecule has 1 N–H and O–H groups in total. The number of halogens is 3. The molecule has 0 aliphatic carbocycles. The molecule has 0 heterocycles. The topological polar surface area (TPSA) is 52.7 Å². The molecule has 20 heavy (non-hydrogen) atoms. The zero-order chi connectivity index (χ0) is 15.5. The van der Waals surface area contributed by atoms with Crippen LogP contribution in [-0.4, -0.2) is 43.0 Å². The van der Waals surface area contributed by atoms with Crippen LogP contribution in [0.2, 0.25) is 0 Å². The van der Waals surface area contributed by atoms with Crippen molar-refractivity contribution in [2.24, 2.45) is 0 Å². The van der Waals surface area contributed by atoms with Gasteiger partial charge in [-0.2, -0.15) is 13.2 Å². The van der Waals surface area contributed by atoms with Gasteiger partial charge in [-0.25, -0.2) is 14.5 Å². The molecule has 8 heteroatoms. The second-order valence-corrected chi connectivity index (χ2v) is 4.24. The summed E-state index contributed by atoms with van der Waals surface area (Å²) >= 11 is 0. The summed E-state index contributed by atoms with van der Waals surface area (Å²) in [5.41, 5.74) is -0.917. The molecule has 0 atom stereocenters. The molecule has 1 aromatic carbocycles. The summed E-state index contributed by atoms with van der Waals surface area (Å²) in [5, 5.41) is 2.23. The predicted molar refractivity (Wildman–Crippen MR) is 67.3 cm³/mol. The molecule has 5 nitrogen and oxygen atoms in total. The second kappa shape index (κ2) is 5.81. The Morgan fingerprint density at radius 1 is 1.15 bits per heavy atom. The quantitative estimate of drug-likeness (QED) is 0.864. The first-order chi connectivity index (χ1) is 9.12. The molecule has 0 radical (unpaired) electrons. The molecule has 110 valence electrons. The lowest BCUT2D eigenvalue weighted by Crippen LogP contribution is -2.42. The lowest BCUT2D eigenvalue weighted by atomic mass is 10.2. The average Bonchev–Trinajstić information content (AvgIpc) is 2.36. The smallest absolute Gasteiger partial charge is 0.330 e. The number of hydrogen-bond donors (Lipinski definition) is 1. The predicted octanol–water partition coefficient (Wildman–Crippen LogP) is 2.85. The molecular weight excluding hydrogens is 275 g/mol. The third-order valence-electron chi connectivity index (χ3n) is 2.42. The number of nitrogens with zero attached hydrogens (tertiary/aromatic N) is 2. The number of carbonyl (C=O) groups is 2. The Morgan fingerprint density at radius 3 is 2.25 bits per heavy atom. The van der Waals surface area contributed by atoms with Crippen LogP contribution in [0.1, 0.15) is 5.56 Å². The zero-order valence-electron chi connectivity index (χ0n) is 11.2. The fourth-order valence-electron chi connectivity index (χ4n) is 1.37. The Kier molecular flexibility index (Phi) is 4.59. The molecule has 0 fully saturated rings. The lowest BCUT2D eigenvalue weighted by Gasteiger charge is -2.20. The summed E-state index contributed by atoms with van der Waals surface area (Å²) in [6, 6.07) is 2.77. The molecule has 0 saturated heterocycles. The standard InChI is InChI=1S/C12H14F3N3O2/c1-17(2)11(20)18(3)10(19)16-9-6-4-5-8(7-9)12(13,14)15/h4-7H,1-3H3,(H,16,19). The highest BCUT2D eigenvalue weighted by Crippen LogP contribution is 2.30. The van der Waals surface area contributed by atoms with Gasteiger partial charge < -0.3 is 10.2 Å². The van der Waals surface area contributed by atoms with Crippen molar-refractivity contribution in [3.05, 3.63) is 29.8 Å². The highest BCUT2D eigenvalue weighted by atomic mass is 19.4. The van der Waals surface area contributed by atoms with Crippen LogP contribution in [0.5, 0.6) is 0 Å². The van der Waals surface area contributed by atoms with Crippen molar-refractivity contribution >= 4 is 17.7 Å². The third-order valence-corrected chi connectivity index (χ3v) is 2.42. The number of anilines is 1. The zero-order valence-corrected chi connectivity index (χ0v) is 11.2. The van der Waals surface area contributed by atoms with E-state index in [0.717, 1.165) is 17.0 Å². The number of hydrogen-bond acceptors (Lipinski definition) is 2. The highest BCUT2D eigenvalue weighted by Gasteiger charge is 2.30. The van der Waals surface area contributed by atoms with Gasteiger partial charge in [0.1, 0.15) is 0 Å². The molecule has 0 spiro atoms. The van der Waals surface area contributed by atoms with Gasteiger partial charge in [0.15, 0.2) is 0 Å². The van der Waals surface area contributed by atoms with Crippen molar-refractivity contribution < 1.29 is 22.8 Å². The van der Waals surface area contributed by atoms with Gasteiger partial charge in [-0.15, -0.1) is 0 Å². The molecule has 1 aromatic rings. The Labute approximate surface area is 114 Å². The number of rotatable bonds is 1. The van der Waals surface area contributed by atoms with Crippen molar-refractivity contribution in [2.75, 3.05) is 26.5 Å². The number of alkyl halides is 3. The number of benzene rings is 1. The number of imide groups is 1.